The summed E-state index contributed by atoms with van der Waals surface area (Å²) in [5.74, 6) is 2.41. The maximum Gasteiger partial charge on any atom is 0.271 e. The third-order valence-electron chi connectivity index (χ3n) is 3.28. The van der Waals surface area contributed by atoms with Crippen LogP contribution in [-0.4, -0.2) is 19.4 Å². The van der Waals surface area contributed by atoms with Crippen LogP contribution in [0.25, 0.3) is 0 Å². The van der Waals surface area contributed by atoms with Crippen LogP contribution in [0.2, 0.25) is 0 Å². The van der Waals surface area contributed by atoms with Crippen molar-refractivity contribution in [2.75, 3.05) is 0 Å². The first-order valence-electron chi connectivity index (χ1n) is 6.44. The van der Waals surface area contributed by atoms with Crippen LogP contribution in [0, 0.1) is 36.3 Å². The monoisotopic (exact) mass is 310 g/mol. The molecular formula is C14H18N2O4S. The third kappa shape index (κ3) is 4.03. The third-order valence-corrected chi connectivity index (χ3v) is 4.93. The SMILES string of the molecule is C#CCC(CC)NS(=O)(=O)c1cc([N+](=O)[O-])cc(C)c1C. The molecule has 0 spiro atoms. The zero-order valence-electron chi connectivity index (χ0n) is 12.2. The molecule has 1 rings (SSSR count). The van der Waals surface area contributed by atoms with E-state index in [1.54, 1.807) is 13.8 Å². The highest BCUT2D eigenvalue weighted by atomic mass is 32.2. The van der Waals surface area contributed by atoms with Gasteiger partial charge in [0.1, 0.15) is 0 Å². The van der Waals surface area contributed by atoms with Gasteiger partial charge in [-0.2, -0.15) is 0 Å². The molecule has 0 saturated heterocycles. The first kappa shape index (κ1) is 17.1. The van der Waals surface area contributed by atoms with E-state index < -0.39 is 14.9 Å². The summed E-state index contributed by atoms with van der Waals surface area (Å²) in [6, 6.07) is 2.04. The van der Waals surface area contributed by atoms with Crippen LogP contribution in [0.4, 0.5) is 5.69 Å². The van der Waals surface area contributed by atoms with E-state index >= 15 is 0 Å². The van der Waals surface area contributed by atoms with Gasteiger partial charge in [0, 0.05) is 24.6 Å². The van der Waals surface area contributed by atoms with Crippen molar-refractivity contribution in [2.45, 2.75) is 44.6 Å². The number of terminal acetylenes is 1. The summed E-state index contributed by atoms with van der Waals surface area (Å²) in [5.41, 5.74) is 0.793. The predicted octanol–water partition coefficient (Wildman–Crippen LogP) is 2.29. The molecule has 0 aliphatic heterocycles. The molecule has 6 nitrogen and oxygen atoms in total. The molecule has 0 aromatic heterocycles. The van der Waals surface area contributed by atoms with Gasteiger partial charge in [-0.3, -0.25) is 10.1 Å². The zero-order valence-corrected chi connectivity index (χ0v) is 13.0. The number of non-ortho nitro benzene ring substituents is 1. The fourth-order valence-electron chi connectivity index (χ4n) is 1.89. The normalized spacial score (nSPS) is 12.7. The number of sulfonamides is 1. The number of rotatable bonds is 6. The highest BCUT2D eigenvalue weighted by molar-refractivity contribution is 7.89. The number of nitro groups is 1. The van der Waals surface area contributed by atoms with E-state index in [1.807, 2.05) is 6.92 Å². The average Bonchev–Trinajstić information content (AvgIpc) is 2.40. The van der Waals surface area contributed by atoms with Crippen LogP contribution in [0.3, 0.4) is 0 Å². The van der Waals surface area contributed by atoms with Gasteiger partial charge in [-0.25, -0.2) is 13.1 Å². The van der Waals surface area contributed by atoms with Gasteiger partial charge in [-0.05, 0) is 31.4 Å². The molecule has 0 aliphatic carbocycles. The van der Waals surface area contributed by atoms with Gasteiger partial charge in [0.05, 0.1) is 9.82 Å². The minimum absolute atomic E-state index is 0.0790. The maximum atomic E-state index is 12.4. The maximum absolute atomic E-state index is 12.4. The predicted molar refractivity (Wildman–Crippen MR) is 80.4 cm³/mol. The van der Waals surface area contributed by atoms with Crippen LogP contribution in [0.15, 0.2) is 17.0 Å². The molecule has 0 amide bonds. The number of nitro benzene ring substituents is 1. The topological polar surface area (TPSA) is 89.3 Å². The van der Waals surface area contributed by atoms with Crippen molar-refractivity contribution in [2.24, 2.45) is 0 Å². The van der Waals surface area contributed by atoms with Crippen molar-refractivity contribution in [1.29, 1.82) is 0 Å². The Kier molecular flexibility index (Phi) is 5.47. The quantitative estimate of drug-likeness (QED) is 0.496. The van der Waals surface area contributed by atoms with Gasteiger partial charge in [0.2, 0.25) is 10.0 Å². The first-order chi connectivity index (χ1) is 9.72. The van der Waals surface area contributed by atoms with Crippen LogP contribution in [-0.2, 0) is 10.0 Å². The summed E-state index contributed by atoms with van der Waals surface area (Å²) >= 11 is 0. The summed E-state index contributed by atoms with van der Waals surface area (Å²) in [6.45, 7) is 5.08. The Morgan fingerprint density at radius 2 is 2.05 bits per heavy atom. The summed E-state index contributed by atoms with van der Waals surface area (Å²) in [5, 5.41) is 10.9. The van der Waals surface area contributed by atoms with E-state index in [4.69, 9.17) is 6.42 Å². The van der Waals surface area contributed by atoms with Crippen molar-refractivity contribution in [3.63, 3.8) is 0 Å². The Bertz CT molecular complexity index is 690. The molecule has 1 N–H and O–H groups in total. The van der Waals surface area contributed by atoms with Crippen molar-refractivity contribution in [3.8, 4) is 12.3 Å². The lowest BCUT2D eigenvalue weighted by molar-refractivity contribution is -0.385. The molecule has 1 atom stereocenters. The molecule has 1 aromatic rings. The summed E-state index contributed by atoms with van der Waals surface area (Å²) in [6.07, 6.45) is 6.01. The molecule has 0 heterocycles. The standard InChI is InChI=1S/C14H18N2O4S/c1-5-7-12(6-2)15-21(19,20)14-9-13(16(17)18)8-10(3)11(14)4/h1,8-9,12,15H,6-7H2,2-4H3. The van der Waals surface area contributed by atoms with E-state index in [0.29, 0.717) is 17.5 Å². The fraction of sp³-hybridized carbons (Fsp3) is 0.429. The molecule has 0 fully saturated rings. The van der Waals surface area contributed by atoms with Gasteiger partial charge >= 0.3 is 0 Å². The Labute approximate surface area is 124 Å². The second-order valence-electron chi connectivity index (χ2n) is 4.78. The lowest BCUT2D eigenvalue weighted by Crippen LogP contribution is -2.34. The van der Waals surface area contributed by atoms with E-state index in [9.17, 15) is 18.5 Å². The summed E-state index contributed by atoms with van der Waals surface area (Å²) < 4.78 is 27.3. The summed E-state index contributed by atoms with van der Waals surface area (Å²) in [4.78, 5) is 10.2. The molecular weight excluding hydrogens is 292 g/mol. The Hall–Kier alpha value is -1.91. The lowest BCUT2D eigenvalue weighted by Gasteiger charge is -2.16. The number of benzene rings is 1. The fourth-order valence-corrected chi connectivity index (χ4v) is 3.54. The van der Waals surface area contributed by atoms with Gasteiger partial charge < -0.3 is 0 Å². The second kappa shape index (κ2) is 6.70. The molecule has 1 unspecified atom stereocenters. The number of hydrogen-bond acceptors (Lipinski definition) is 4. The van der Waals surface area contributed by atoms with Crippen molar-refractivity contribution >= 4 is 15.7 Å². The molecule has 0 radical (unpaired) electrons. The van der Waals surface area contributed by atoms with Gasteiger partial charge in [-0.15, -0.1) is 12.3 Å². The minimum atomic E-state index is -3.85. The Morgan fingerprint density at radius 3 is 2.52 bits per heavy atom. The molecule has 1 aromatic carbocycles. The average molecular weight is 310 g/mol. The molecule has 0 bridgehead atoms. The van der Waals surface area contributed by atoms with E-state index in [0.717, 1.165) is 6.07 Å². The van der Waals surface area contributed by atoms with Crippen molar-refractivity contribution in [3.05, 3.63) is 33.4 Å². The van der Waals surface area contributed by atoms with Gasteiger partial charge in [0.25, 0.3) is 5.69 Å². The van der Waals surface area contributed by atoms with E-state index in [1.165, 1.54) is 6.07 Å². The second-order valence-corrected chi connectivity index (χ2v) is 6.46. The molecule has 114 valence electrons. The van der Waals surface area contributed by atoms with Crippen LogP contribution >= 0.6 is 0 Å². The number of aryl methyl sites for hydroxylation is 1. The van der Waals surface area contributed by atoms with E-state index in [2.05, 4.69) is 10.6 Å². The molecule has 21 heavy (non-hydrogen) atoms. The molecule has 0 saturated carbocycles. The molecule has 0 aliphatic rings. The zero-order chi connectivity index (χ0) is 16.2. The smallest absolute Gasteiger partial charge is 0.258 e. The number of hydrogen-bond donors (Lipinski definition) is 1. The lowest BCUT2D eigenvalue weighted by atomic mass is 10.1. The first-order valence-corrected chi connectivity index (χ1v) is 7.92. The number of nitrogens with one attached hydrogen (secondary N) is 1. The number of nitrogens with zero attached hydrogens (tertiary/aromatic N) is 1. The van der Waals surface area contributed by atoms with Crippen molar-refractivity contribution in [1.82, 2.24) is 4.72 Å². The van der Waals surface area contributed by atoms with Gasteiger partial charge in [0.15, 0.2) is 0 Å². The van der Waals surface area contributed by atoms with Crippen LogP contribution < -0.4 is 4.72 Å². The minimum Gasteiger partial charge on any atom is -0.258 e. The summed E-state index contributed by atoms with van der Waals surface area (Å²) in [7, 11) is -3.85. The highest BCUT2D eigenvalue weighted by Crippen LogP contribution is 2.25. The highest BCUT2D eigenvalue weighted by Gasteiger charge is 2.24. The Balaban J connectivity index is 3.31. The van der Waals surface area contributed by atoms with Crippen LogP contribution in [0.1, 0.15) is 30.9 Å². The van der Waals surface area contributed by atoms with Crippen LogP contribution in [0.5, 0.6) is 0 Å². The largest absolute Gasteiger partial charge is 0.271 e. The van der Waals surface area contributed by atoms with E-state index in [-0.39, 0.29) is 23.0 Å². The van der Waals surface area contributed by atoms with Crippen molar-refractivity contribution < 1.29 is 13.3 Å². The molecule has 7 heteroatoms. The van der Waals surface area contributed by atoms with Gasteiger partial charge in [-0.1, -0.05) is 6.92 Å². The Morgan fingerprint density at radius 1 is 1.43 bits per heavy atom.